The van der Waals surface area contributed by atoms with Crippen LogP contribution in [0, 0.1) is 6.92 Å². The van der Waals surface area contributed by atoms with E-state index in [2.05, 4.69) is 58.7 Å². The van der Waals surface area contributed by atoms with Gasteiger partial charge in [-0.25, -0.2) is 4.99 Å². The molecule has 2 heterocycles. The number of nitrogens with zero attached hydrogens (tertiary/aromatic N) is 2. The SMILES string of the molecule is CCNC(=NCc1ccc(CC)s1)NCCCc1cn[nH]c1C. The number of thiophene rings is 1. The molecule has 0 bridgehead atoms. The molecule has 0 saturated heterocycles. The number of hydrogen-bond donors (Lipinski definition) is 3. The van der Waals surface area contributed by atoms with Gasteiger partial charge in [0.25, 0.3) is 0 Å². The molecule has 0 saturated carbocycles. The third-order valence-corrected chi connectivity index (χ3v) is 4.87. The van der Waals surface area contributed by atoms with E-state index in [0.717, 1.165) is 50.6 Å². The molecular formula is C17H27N5S. The molecule has 0 aliphatic carbocycles. The first-order chi connectivity index (χ1) is 11.2. The van der Waals surface area contributed by atoms with Crippen LogP contribution in [0.1, 0.15) is 41.3 Å². The second-order valence-electron chi connectivity index (χ2n) is 5.47. The number of guanidine groups is 1. The molecule has 0 atom stereocenters. The van der Waals surface area contributed by atoms with Gasteiger partial charge in [0.2, 0.25) is 0 Å². The van der Waals surface area contributed by atoms with Gasteiger partial charge < -0.3 is 10.6 Å². The minimum Gasteiger partial charge on any atom is -0.357 e. The fraction of sp³-hybridized carbons (Fsp3) is 0.529. The zero-order valence-electron chi connectivity index (χ0n) is 14.3. The smallest absolute Gasteiger partial charge is 0.191 e. The predicted octanol–water partition coefficient (Wildman–Crippen LogP) is 3.03. The highest BCUT2D eigenvalue weighted by atomic mass is 32.1. The highest BCUT2D eigenvalue weighted by molar-refractivity contribution is 7.11. The minimum atomic E-state index is 0.737. The van der Waals surface area contributed by atoms with Crippen molar-refractivity contribution in [1.29, 1.82) is 0 Å². The lowest BCUT2D eigenvalue weighted by Crippen LogP contribution is -2.37. The van der Waals surface area contributed by atoms with E-state index < -0.39 is 0 Å². The van der Waals surface area contributed by atoms with Gasteiger partial charge in [0.1, 0.15) is 0 Å². The summed E-state index contributed by atoms with van der Waals surface area (Å²) in [7, 11) is 0. The van der Waals surface area contributed by atoms with Gasteiger partial charge in [-0.1, -0.05) is 6.92 Å². The second kappa shape index (κ2) is 9.35. The van der Waals surface area contributed by atoms with Gasteiger partial charge in [-0.3, -0.25) is 5.10 Å². The van der Waals surface area contributed by atoms with Crippen molar-refractivity contribution in [2.24, 2.45) is 4.99 Å². The van der Waals surface area contributed by atoms with E-state index in [1.165, 1.54) is 15.3 Å². The molecule has 2 aromatic heterocycles. The number of rotatable bonds is 8. The second-order valence-corrected chi connectivity index (χ2v) is 6.72. The molecule has 3 N–H and O–H groups in total. The van der Waals surface area contributed by atoms with E-state index in [-0.39, 0.29) is 0 Å². The van der Waals surface area contributed by atoms with E-state index in [4.69, 9.17) is 0 Å². The van der Waals surface area contributed by atoms with Gasteiger partial charge in [-0.15, -0.1) is 11.3 Å². The summed E-state index contributed by atoms with van der Waals surface area (Å²) in [5.74, 6) is 0.892. The largest absolute Gasteiger partial charge is 0.357 e. The van der Waals surface area contributed by atoms with Crippen molar-refractivity contribution in [3.63, 3.8) is 0 Å². The molecular weight excluding hydrogens is 306 g/mol. The molecule has 0 aromatic carbocycles. The zero-order valence-corrected chi connectivity index (χ0v) is 15.1. The Morgan fingerprint density at radius 2 is 2.09 bits per heavy atom. The molecule has 0 radical (unpaired) electrons. The molecule has 0 unspecified atom stereocenters. The van der Waals surface area contributed by atoms with Crippen LogP contribution >= 0.6 is 11.3 Å². The van der Waals surface area contributed by atoms with Crippen molar-refractivity contribution in [1.82, 2.24) is 20.8 Å². The van der Waals surface area contributed by atoms with Crippen molar-refractivity contribution in [2.45, 2.75) is 46.6 Å². The van der Waals surface area contributed by atoms with Crippen LogP contribution in [0.5, 0.6) is 0 Å². The average molecular weight is 334 g/mol. The Kier molecular flexibility index (Phi) is 7.13. The summed E-state index contributed by atoms with van der Waals surface area (Å²) < 4.78 is 0. The van der Waals surface area contributed by atoms with Crippen LogP contribution in [-0.2, 0) is 19.4 Å². The average Bonchev–Trinajstić information content (AvgIpc) is 3.18. The van der Waals surface area contributed by atoms with Crippen LogP contribution < -0.4 is 10.6 Å². The molecule has 6 heteroatoms. The normalized spacial score (nSPS) is 11.7. The van der Waals surface area contributed by atoms with Crippen LogP contribution in [0.25, 0.3) is 0 Å². The third kappa shape index (κ3) is 5.71. The standard InChI is InChI=1S/C17H27N5S/c1-4-15-8-9-16(23-15)12-20-17(18-5-2)19-10-6-7-14-11-21-22-13(14)3/h8-9,11H,4-7,10,12H2,1-3H3,(H,21,22)(H2,18,19,20). The van der Waals surface area contributed by atoms with E-state index >= 15 is 0 Å². The summed E-state index contributed by atoms with van der Waals surface area (Å²) in [5.41, 5.74) is 2.45. The number of nitrogens with one attached hydrogen (secondary N) is 3. The molecule has 0 amide bonds. The summed E-state index contributed by atoms with van der Waals surface area (Å²) in [5, 5.41) is 13.7. The molecule has 0 aliphatic heterocycles. The monoisotopic (exact) mass is 333 g/mol. The summed E-state index contributed by atoms with van der Waals surface area (Å²) in [6.07, 6.45) is 5.10. The van der Waals surface area contributed by atoms with Crippen molar-refractivity contribution < 1.29 is 0 Å². The lowest BCUT2D eigenvalue weighted by Gasteiger charge is -2.10. The Labute approximate surface area is 142 Å². The molecule has 0 spiro atoms. The number of aromatic nitrogens is 2. The Morgan fingerprint density at radius 3 is 2.74 bits per heavy atom. The predicted molar refractivity (Wildman–Crippen MR) is 98.2 cm³/mol. The van der Waals surface area contributed by atoms with Gasteiger partial charge in [0, 0.05) is 28.5 Å². The first-order valence-electron chi connectivity index (χ1n) is 8.31. The van der Waals surface area contributed by atoms with Gasteiger partial charge >= 0.3 is 0 Å². The van der Waals surface area contributed by atoms with Gasteiger partial charge in [0.15, 0.2) is 5.96 Å². The number of aromatic amines is 1. The van der Waals surface area contributed by atoms with Crippen molar-refractivity contribution >= 4 is 17.3 Å². The van der Waals surface area contributed by atoms with Crippen molar-refractivity contribution in [3.8, 4) is 0 Å². The number of aryl methyl sites for hydroxylation is 3. The minimum absolute atomic E-state index is 0.737. The van der Waals surface area contributed by atoms with Crippen LogP contribution in [0.2, 0.25) is 0 Å². The molecule has 23 heavy (non-hydrogen) atoms. The number of aliphatic imine (C=N–C) groups is 1. The first kappa shape index (κ1) is 17.5. The zero-order chi connectivity index (χ0) is 16.5. The summed E-state index contributed by atoms with van der Waals surface area (Å²) in [6.45, 7) is 8.85. The first-order valence-corrected chi connectivity index (χ1v) is 9.13. The number of H-pyrrole nitrogens is 1. The molecule has 5 nitrogen and oxygen atoms in total. The van der Waals surface area contributed by atoms with Crippen LogP contribution in [-0.4, -0.2) is 29.2 Å². The fourth-order valence-corrected chi connectivity index (χ4v) is 3.19. The fourth-order valence-electron chi connectivity index (χ4n) is 2.31. The Balaban J connectivity index is 1.78. The molecule has 126 valence electrons. The third-order valence-electron chi connectivity index (χ3n) is 3.65. The Bertz CT molecular complexity index is 614. The maximum Gasteiger partial charge on any atom is 0.191 e. The lowest BCUT2D eigenvalue weighted by atomic mass is 10.1. The Morgan fingerprint density at radius 1 is 1.26 bits per heavy atom. The van der Waals surface area contributed by atoms with Gasteiger partial charge in [-0.05, 0) is 50.8 Å². The molecule has 0 aliphatic rings. The summed E-state index contributed by atoms with van der Waals surface area (Å²) in [6, 6.07) is 4.38. The maximum absolute atomic E-state index is 4.67. The van der Waals surface area contributed by atoms with Gasteiger partial charge in [-0.2, -0.15) is 5.10 Å². The summed E-state index contributed by atoms with van der Waals surface area (Å²) in [4.78, 5) is 7.40. The van der Waals surface area contributed by atoms with E-state index in [1.807, 2.05) is 17.5 Å². The number of hydrogen-bond acceptors (Lipinski definition) is 3. The van der Waals surface area contributed by atoms with E-state index in [9.17, 15) is 0 Å². The maximum atomic E-state index is 4.67. The molecule has 2 rings (SSSR count). The highest BCUT2D eigenvalue weighted by Crippen LogP contribution is 2.17. The quantitative estimate of drug-likeness (QED) is 0.395. The van der Waals surface area contributed by atoms with Crippen LogP contribution in [0.15, 0.2) is 23.3 Å². The van der Waals surface area contributed by atoms with Crippen molar-refractivity contribution in [2.75, 3.05) is 13.1 Å². The topological polar surface area (TPSA) is 65.1 Å². The van der Waals surface area contributed by atoms with E-state index in [0.29, 0.717) is 0 Å². The van der Waals surface area contributed by atoms with Gasteiger partial charge in [0.05, 0.1) is 12.7 Å². The molecule has 2 aromatic rings. The molecule has 0 fully saturated rings. The van der Waals surface area contributed by atoms with Crippen molar-refractivity contribution in [3.05, 3.63) is 39.3 Å². The lowest BCUT2D eigenvalue weighted by molar-refractivity contribution is 0.742. The summed E-state index contributed by atoms with van der Waals surface area (Å²) >= 11 is 1.85. The highest BCUT2D eigenvalue weighted by Gasteiger charge is 2.02. The van der Waals surface area contributed by atoms with E-state index in [1.54, 1.807) is 0 Å². The Hall–Kier alpha value is -1.82. The van der Waals surface area contributed by atoms with Crippen LogP contribution in [0.3, 0.4) is 0 Å². The van der Waals surface area contributed by atoms with Crippen LogP contribution in [0.4, 0.5) is 0 Å².